The number of unbranched alkanes of at least 4 members (excludes halogenated alkanes) is 2. The first-order chi connectivity index (χ1) is 5.85. The Balaban J connectivity index is 3.40. The van der Waals surface area contributed by atoms with Gasteiger partial charge in [-0.1, -0.05) is 52.4 Å². The van der Waals surface area contributed by atoms with Crippen molar-refractivity contribution < 1.29 is 4.79 Å². The summed E-state index contributed by atoms with van der Waals surface area (Å²) in [5.41, 5.74) is 0. The van der Waals surface area contributed by atoms with Gasteiger partial charge < -0.3 is 4.79 Å². The molecule has 0 fully saturated rings. The first-order valence-corrected chi connectivity index (χ1v) is 5.28. The van der Waals surface area contributed by atoms with Crippen LogP contribution in [0.25, 0.3) is 0 Å². The Morgan fingerprint density at radius 1 is 1.08 bits per heavy atom. The molecule has 0 amide bonds. The monoisotopic (exact) mass is 170 g/mol. The van der Waals surface area contributed by atoms with E-state index in [0.29, 0.717) is 5.92 Å². The van der Waals surface area contributed by atoms with Gasteiger partial charge in [0, 0.05) is 6.42 Å². The average Bonchev–Trinajstić information content (AvgIpc) is 2.06. The lowest BCUT2D eigenvalue weighted by Gasteiger charge is -2.11. The third-order valence-electron chi connectivity index (χ3n) is 2.34. The van der Waals surface area contributed by atoms with Crippen LogP contribution in [0.3, 0.4) is 0 Å². The lowest BCUT2D eigenvalue weighted by Crippen LogP contribution is -2.00. The van der Waals surface area contributed by atoms with Gasteiger partial charge in [-0.3, -0.25) is 0 Å². The highest BCUT2D eigenvalue weighted by Gasteiger charge is 2.05. The fourth-order valence-electron chi connectivity index (χ4n) is 1.61. The quantitative estimate of drug-likeness (QED) is 0.402. The molecule has 1 atom stereocenters. The number of aldehydes is 1. The summed E-state index contributed by atoms with van der Waals surface area (Å²) >= 11 is 0. The van der Waals surface area contributed by atoms with Crippen molar-refractivity contribution in [3.05, 3.63) is 0 Å². The lowest BCUT2D eigenvalue weighted by atomic mass is 9.94. The van der Waals surface area contributed by atoms with Crippen LogP contribution in [0.4, 0.5) is 0 Å². The third kappa shape index (κ3) is 6.38. The maximum absolute atomic E-state index is 10.3. The van der Waals surface area contributed by atoms with E-state index in [2.05, 4.69) is 13.8 Å². The molecule has 0 aromatic carbocycles. The zero-order chi connectivity index (χ0) is 9.23. The fourth-order valence-corrected chi connectivity index (χ4v) is 1.61. The predicted octanol–water partition coefficient (Wildman–Crippen LogP) is 3.57. The maximum Gasteiger partial charge on any atom is 0.120 e. The summed E-state index contributed by atoms with van der Waals surface area (Å²) in [6, 6.07) is 0. The molecule has 0 aliphatic rings. The van der Waals surface area contributed by atoms with E-state index in [0.717, 1.165) is 12.7 Å². The predicted molar refractivity (Wildman–Crippen MR) is 53.2 cm³/mol. The molecule has 0 saturated heterocycles. The van der Waals surface area contributed by atoms with Crippen LogP contribution >= 0.6 is 0 Å². The van der Waals surface area contributed by atoms with Gasteiger partial charge in [-0.05, 0) is 5.92 Å². The minimum atomic E-state index is 0.666. The Bertz CT molecular complexity index is 99.2. The van der Waals surface area contributed by atoms with E-state index < -0.39 is 0 Å². The van der Waals surface area contributed by atoms with Crippen LogP contribution in [0, 0.1) is 5.92 Å². The highest BCUT2D eigenvalue weighted by Crippen LogP contribution is 2.17. The van der Waals surface area contributed by atoms with Crippen molar-refractivity contribution in [3.63, 3.8) is 0 Å². The summed E-state index contributed by atoms with van der Waals surface area (Å²) in [4.78, 5) is 10.3. The van der Waals surface area contributed by atoms with E-state index in [1.165, 1.54) is 38.5 Å². The van der Waals surface area contributed by atoms with Gasteiger partial charge in [-0.15, -0.1) is 0 Å². The highest BCUT2D eigenvalue weighted by atomic mass is 16.1. The molecule has 0 saturated carbocycles. The molecule has 1 heteroatoms. The zero-order valence-corrected chi connectivity index (χ0v) is 8.51. The van der Waals surface area contributed by atoms with Gasteiger partial charge in [0.1, 0.15) is 6.29 Å². The molecule has 1 nitrogen and oxygen atoms in total. The molecule has 0 aliphatic heterocycles. The standard InChI is InChI=1S/C11H22O/c1-3-5-6-8-11(7-4-2)9-10-12/h10-11H,3-9H2,1-2H3. The van der Waals surface area contributed by atoms with Crippen molar-refractivity contribution in [2.45, 2.75) is 58.8 Å². The second kappa shape index (κ2) is 8.76. The molecule has 0 aromatic heterocycles. The second-order valence-electron chi connectivity index (χ2n) is 3.55. The summed E-state index contributed by atoms with van der Waals surface area (Å²) in [5.74, 6) is 0.666. The van der Waals surface area contributed by atoms with Crippen LogP contribution in [0.2, 0.25) is 0 Å². The minimum Gasteiger partial charge on any atom is -0.303 e. The highest BCUT2D eigenvalue weighted by molar-refractivity contribution is 5.49. The number of hydrogen-bond donors (Lipinski definition) is 0. The molecule has 0 rings (SSSR count). The SMILES string of the molecule is CCCCCC(CC=O)CCC. The third-order valence-corrected chi connectivity index (χ3v) is 2.34. The molecule has 0 spiro atoms. The molecule has 0 N–H and O–H groups in total. The summed E-state index contributed by atoms with van der Waals surface area (Å²) in [6.07, 6.45) is 9.44. The van der Waals surface area contributed by atoms with Crippen molar-refractivity contribution in [1.29, 1.82) is 0 Å². The summed E-state index contributed by atoms with van der Waals surface area (Å²) in [6.45, 7) is 4.41. The van der Waals surface area contributed by atoms with E-state index in [1.807, 2.05) is 0 Å². The van der Waals surface area contributed by atoms with Gasteiger partial charge in [-0.2, -0.15) is 0 Å². The van der Waals surface area contributed by atoms with Crippen LogP contribution in [-0.2, 0) is 4.79 Å². The number of rotatable bonds is 8. The van der Waals surface area contributed by atoms with E-state index in [1.54, 1.807) is 0 Å². The largest absolute Gasteiger partial charge is 0.303 e. The van der Waals surface area contributed by atoms with Crippen LogP contribution in [0.1, 0.15) is 58.8 Å². The van der Waals surface area contributed by atoms with Gasteiger partial charge in [0.25, 0.3) is 0 Å². The van der Waals surface area contributed by atoms with Crippen LogP contribution in [0.5, 0.6) is 0 Å². The zero-order valence-electron chi connectivity index (χ0n) is 8.51. The number of carbonyl (C=O) groups is 1. The van der Waals surface area contributed by atoms with Crippen molar-refractivity contribution in [2.75, 3.05) is 0 Å². The molecule has 0 heterocycles. The van der Waals surface area contributed by atoms with Gasteiger partial charge >= 0.3 is 0 Å². The first-order valence-electron chi connectivity index (χ1n) is 5.28. The summed E-state index contributed by atoms with van der Waals surface area (Å²) < 4.78 is 0. The molecule has 1 unspecified atom stereocenters. The topological polar surface area (TPSA) is 17.1 Å². The van der Waals surface area contributed by atoms with Gasteiger partial charge in [0.15, 0.2) is 0 Å². The molecule has 0 radical (unpaired) electrons. The minimum absolute atomic E-state index is 0.666. The lowest BCUT2D eigenvalue weighted by molar-refractivity contribution is -0.108. The van der Waals surface area contributed by atoms with E-state index >= 15 is 0 Å². The molecule has 0 bridgehead atoms. The molecule has 12 heavy (non-hydrogen) atoms. The molecular weight excluding hydrogens is 148 g/mol. The van der Waals surface area contributed by atoms with Crippen molar-refractivity contribution >= 4 is 6.29 Å². The van der Waals surface area contributed by atoms with E-state index in [9.17, 15) is 4.79 Å². The van der Waals surface area contributed by atoms with Crippen LogP contribution < -0.4 is 0 Å². The first kappa shape index (κ1) is 11.7. The average molecular weight is 170 g/mol. The maximum atomic E-state index is 10.3. The Morgan fingerprint density at radius 3 is 2.33 bits per heavy atom. The Kier molecular flexibility index (Phi) is 8.52. The summed E-state index contributed by atoms with van der Waals surface area (Å²) in [5, 5.41) is 0. The molecule has 72 valence electrons. The van der Waals surface area contributed by atoms with E-state index in [-0.39, 0.29) is 0 Å². The fraction of sp³-hybridized carbons (Fsp3) is 0.909. The van der Waals surface area contributed by atoms with Crippen molar-refractivity contribution in [3.8, 4) is 0 Å². The Morgan fingerprint density at radius 2 is 1.83 bits per heavy atom. The Hall–Kier alpha value is -0.330. The smallest absolute Gasteiger partial charge is 0.120 e. The number of carbonyl (C=O) groups excluding carboxylic acids is 1. The molecule has 0 aliphatic carbocycles. The van der Waals surface area contributed by atoms with Crippen LogP contribution in [-0.4, -0.2) is 6.29 Å². The normalized spacial score (nSPS) is 12.8. The van der Waals surface area contributed by atoms with Crippen LogP contribution in [0.15, 0.2) is 0 Å². The van der Waals surface area contributed by atoms with Crippen molar-refractivity contribution in [1.82, 2.24) is 0 Å². The van der Waals surface area contributed by atoms with Crippen molar-refractivity contribution in [2.24, 2.45) is 5.92 Å². The van der Waals surface area contributed by atoms with E-state index in [4.69, 9.17) is 0 Å². The Labute approximate surface area is 76.6 Å². The number of hydrogen-bond acceptors (Lipinski definition) is 1. The van der Waals surface area contributed by atoms with Gasteiger partial charge in [0.2, 0.25) is 0 Å². The van der Waals surface area contributed by atoms with Gasteiger partial charge in [0.05, 0.1) is 0 Å². The summed E-state index contributed by atoms with van der Waals surface area (Å²) in [7, 11) is 0. The molecular formula is C11H22O. The molecule has 0 aromatic rings. The van der Waals surface area contributed by atoms with Gasteiger partial charge in [-0.25, -0.2) is 0 Å². The second-order valence-corrected chi connectivity index (χ2v) is 3.55.